The number of rotatable bonds is 4. The number of hydrogen-bond acceptors (Lipinski definition) is 10. The number of ether oxygens (including phenoxy) is 2. The van der Waals surface area contributed by atoms with Gasteiger partial charge in [-0.15, -0.1) is 0 Å². The first-order valence-corrected chi connectivity index (χ1v) is 11.3. The molecule has 198 valence electrons. The van der Waals surface area contributed by atoms with Crippen LogP contribution >= 0.6 is 0 Å². The van der Waals surface area contributed by atoms with Gasteiger partial charge in [-0.25, -0.2) is 4.79 Å². The summed E-state index contributed by atoms with van der Waals surface area (Å²) in [6.07, 6.45) is 0. The minimum Gasteiger partial charge on any atom is -0.504 e. The quantitative estimate of drug-likeness (QED) is 0.279. The third kappa shape index (κ3) is 3.42. The van der Waals surface area contributed by atoms with Crippen LogP contribution in [0.3, 0.4) is 0 Å². The van der Waals surface area contributed by atoms with E-state index in [0.29, 0.717) is 5.56 Å². The molecule has 0 amide bonds. The molecule has 0 unspecified atom stereocenters. The van der Waals surface area contributed by atoms with E-state index in [-0.39, 0.29) is 16.7 Å². The molecule has 0 radical (unpaired) electrons. The maximum Gasteiger partial charge on any atom is 0.339 e. The number of carbonyl (C=O) groups is 1. The van der Waals surface area contributed by atoms with Crippen LogP contribution in [-0.2, 0) is 9.53 Å². The molecule has 5 atom stereocenters. The van der Waals surface area contributed by atoms with Gasteiger partial charge in [-0.1, -0.05) is 30.3 Å². The summed E-state index contributed by atoms with van der Waals surface area (Å²) in [6.45, 7) is 5.14. The van der Waals surface area contributed by atoms with Crippen molar-refractivity contribution in [1.29, 1.82) is 0 Å². The monoisotopic (exact) mass is 516 g/mol. The Bertz CT molecular complexity index is 1450. The second kappa shape index (κ2) is 7.93. The summed E-state index contributed by atoms with van der Waals surface area (Å²) < 4.78 is 17.2. The van der Waals surface area contributed by atoms with E-state index in [2.05, 4.69) is 0 Å². The topological polar surface area (TPSA) is 187 Å². The van der Waals surface area contributed by atoms with Gasteiger partial charge in [-0.2, -0.15) is 0 Å². The predicted octanol–water partition coefficient (Wildman–Crippen LogP) is 2.09. The average Bonchev–Trinajstić information content (AvgIpc) is 2.81. The van der Waals surface area contributed by atoms with Crippen molar-refractivity contribution in [3.05, 3.63) is 52.7 Å². The highest BCUT2D eigenvalue weighted by molar-refractivity contribution is 5.89. The second-order valence-electron chi connectivity index (χ2n) is 9.99. The van der Waals surface area contributed by atoms with Crippen LogP contribution in [0.5, 0.6) is 17.2 Å². The Labute approximate surface area is 210 Å². The van der Waals surface area contributed by atoms with Gasteiger partial charge in [0, 0.05) is 24.6 Å². The standard InChI is InChI=1S/C26H28O11/c1-22(21(30)31)23(2,32)24(3,33)25(4,34)26(5,37-22)36-17-12-16-18(20(29)19(17)28)14(27)11-15(35-16)13-9-7-6-8-10-13/h6-12,28-29,32-34H,1-5H3,(H,30,31)/t22-,23-,24+,25-,26-/m1/s1. The molecular weight excluding hydrogens is 488 g/mol. The highest BCUT2D eigenvalue weighted by Gasteiger charge is 2.77. The Kier molecular flexibility index (Phi) is 5.66. The molecule has 0 aliphatic carbocycles. The van der Waals surface area contributed by atoms with Crippen LogP contribution in [0.15, 0.2) is 51.7 Å². The van der Waals surface area contributed by atoms with E-state index in [1.807, 2.05) is 0 Å². The molecular formula is C26H28O11. The first-order valence-electron chi connectivity index (χ1n) is 11.3. The van der Waals surface area contributed by atoms with E-state index in [0.717, 1.165) is 46.8 Å². The summed E-state index contributed by atoms with van der Waals surface area (Å²) in [5, 5.41) is 64.4. The molecule has 0 spiro atoms. The van der Waals surface area contributed by atoms with Crippen molar-refractivity contribution in [3.8, 4) is 28.6 Å². The van der Waals surface area contributed by atoms with Crippen molar-refractivity contribution >= 4 is 16.9 Å². The van der Waals surface area contributed by atoms with Crippen molar-refractivity contribution in [3.63, 3.8) is 0 Å². The maximum atomic E-state index is 12.8. The van der Waals surface area contributed by atoms with Gasteiger partial charge < -0.3 is 44.5 Å². The van der Waals surface area contributed by atoms with E-state index in [4.69, 9.17) is 13.9 Å². The summed E-state index contributed by atoms with van der Waals surface area (Å²) >= 11 is 0. The molecule has 11 heteroatoms. The van der Waals surface area contributed by atoms with Crippen LogP contribution in [0.1, 0.15) is 34.6 Å². The van der Waals surface area contributed by atoms with Crippen molar-refractivity contribution in [2.24, 2.45) is 0 Å². The van der Waals surface area contributed by atoms with Gasteiger partial charge in [0.15, 0.2) is 28.1 Å². The van der Waals surface area contributed by atoms with Crippen LogP contribution in [0.25, 0.3) is 22.3 Å². The number of aromatic hydroxyl groups is 2. The van der Waals surface area contributed by atoms with Crippen LogP contribution < -0.4 is 10.2 Å². The van der Waals surface area contributed by atoms with E-state index in [1.54, 1.807) is 30.3 Å². The van der Waals surface area contributed by atoms with E-state index in [9.17, 15) is 40.2 Å². The summed E-state index contributed by atoms with van der Waals surface area (Å²) in [4.78, 5) is 24.9. The zero-order valence-electron chi connectivity index (χ0n) is 20.8. The highest BCUT2D eigenvalue weighted by Crippen LogP contribution is 2.55. The number of fused-ring (bicyclic) bond motifs is 1. The number of benzene rings is 2. The number of aliphatic hydroxyl groups is 3. The molecule has 37 heavy (non-hydrogen) atoms. The van der Waals surface area contributed by atoms with Crippen molar-refractivity contribution < 1.29 is 49.3 Å². The summed E-state index contributed by atoms with van der Waals surface area (Å²) in [5.41, 5.74) is -10.4. The van der Waals surface area contributed by atoms with Gasteiger partial charge in [-0.05, 0) is 27.7 Å². The van der Waals surface area contributed by atoms with Crippen molar-refractivity contribution in [1.82, 2.24) is 0 Å². The first kappa shape index (κ1) is 26.4. The smallest absolute Gasteiger partial charge is 0.339 e. The maximum absolute atomic E-state index is 12.8. The lowest BCUT2D eigenvalue weighted by Crippen LogP contribution is -2.86. The number of phenolic OH excluding ortho intramolecular Hbond substituents is 2. The fourth-order valence-corrected chi connectivity index (χ4v) is 4.64. The number of carboxylic acids is 1. The lowest BCUT2D eigenvalue weighted by molar-refractivity contribution is -0.430. The lowest BCUT2D eigenvalue weighted by Gasteiger charge is -2.63. The SMILES string of the molecule is C[C@@]1(Oc2cc3oc(-c4ccccc4)cc(=O)c3c(O)c2O)O[C@](C)(C(=O)O)[C@@](C)(O)[C@](C)(O)[C@@]1(C)O. The molecule has 1 aromatic heterocycles. The highest BCUT2D eigenvalue weighted by atomic mass is 16.7. The summed E-state index contributed by atoms with van der Waals surface area (Å²) in [6, 6.07) is 10.8. The molecule has 1 aliphatic heterocycles. The van der Waals surface area contributed by atoms with E-state index < -0.39 is 56.8 Å². The van der Waals surface area contributed by atoms with Crippen LogP contribution in [0.4, 0.5) is 0 Å². The molecule has 1 fully saturated rings. The Balaban J connectivity index is 1.91. The van der Waals surface area contributed by atoms with E-state index in [1.165, 1.54) is 0 Å². The molecule has 11 nitrogen and oxygen atoms in total. The van der Waals surface area contributed by atoms with Crippen LogP contribution in [0, 0.1) is 0 Å². The van der Waals surface area contributed by atoms with Gasteiger partial charge in [0.2, 0.25) is 11.5 Å². The fourth-order valence-electron chi connectivity index (χ4n) is 4.64. The third-order valence-electron chi connectivity index (χ3n) is 7.81. The number of carboxylic acid groups (broad SMARTS) is 1. The molecule has 2 aromatic carbocycles. The minimum absolute atomic E-state index is 0.152. The Hall–Kier alpha value is -3.64. The molecule has 1 aliphatic rings. The Morgan fingerprint density at radius 3 is 2.03 bits per heavy atom. The molecule has 6 N–H and O–H groups in total. The van der Waals surface area contributed by atoms with Gasteiger partial charge in [0.25, 0.3) is 0 Å². The third-order valence-corrected chi connectivity index (χ3v) is 7.81. The molecule has 0 bridgehead atoms. The predicted molar refractivity (Wildman–Crippen MR) is 129 cm³/mol. The first-order chi connectivity index (χ1) is 16.9. The lowest BCUT2D eigenvalue weighted by atomic mass is 9.61. The van der Waals surface area contributed by atoms with E-state index >= 15 is 0 Å². The van der Waals surface area contributed by atoms with Gasteiger partial charge in [0.05, 0.1) is 0 Å². The molecule has 1 saturated heterocycles. The number of aliphatic carboxylic acids is 1. The number of phenols is 2. The van der Waals surface area contributed by atoms with Crippen LogP contribution in [-0.4, -0.2) is 64.8 Å². The average molecular weight is 516 g/mol. The molecule has 3 aromatic rings. The van der Waals surface area contributed by atoms with Gasteiger partial charge in [0.1, 0.15) is 27.9 Å². The second-order valence-corrected chi connectivity index (χ2v) is 9.99. The minimum atomic E-state index is -2.55. The van der Waals surface area contributed by atoms with Gasteiger partial charge >= 0.3 is 5.97 Å². The van der Waals surface area contributed by atoms with Crippen molar-refractivity contribution in [2.45, 2.75) is 62.8 Å². The van der Waals surface area contributed by atoms with Gasteiger partial charge in [-0.3, -0.25) is 4.79 Å². The Morgan fingerprint density at radius 1 is 0.865 bits per heavy atom. The Morgan fingerprint density at radius 2 is 1.46 bits per heavy atom. The van der Waals surface area contributed by atoms with Crippen LogP contribution in [0.2, 0.25) is 0 Å². The largest absolute Gasteiger partial charge is 0.504 e. The zero-order valence-corrected chi connectivity index (χ0v) is 20.8. The fraction of sp³-hybridized carbons (Fsp3) is 0.385. The molecule has 4 rings (SSSR count). The summed E-state index contributed by atoms with van der Waals surface area (Å²) in [5.74, 6) is -6.35. The molecule has 0 saturated carbocycles. The van der Waals surface area contributed by atoms with Crippen molar-refractivity contribution in [2.75, 3.05) is 0 Å². The summed E-state index contributed by atoms with van der Waals surface area (Å²) in [7, 11) is 0. The molecule has 2 heterocycles. The number of hydrogen-bond donors (Lipinski definition) is 6. The normalized spacial score (nSPS) is 33.8. The zero-order chi connectivity index (χ0) is 27.8.